The quantitative estimate of drug-likeness (QED) is 0.186. The van der Waals surface area contributed by atoms with E-state index >= 15 is 0 Å². The third-order valence-corrected chi connectivity index (χ3v) is 5.96. The maximum atomic E-state index is 13.2. The summed E-state index contributed by atoms with van der Waals surface area (Å²) in [4.78, 5) is 58.5. The highest BCUT2D eigenvalue weighted by Crippen LogP contribution is 2.19. The lowest BCUT2D eigenvalue weighted by Gasteiger charge is -2.28. The number of aliphatic hydroxyl groups excluding tert-OH is 1. The van der Waals surface area contributed by atoms with Crippen molar-refractivity contribution < 1.29 is 34.5 Å². The number of imidazole rings is 1. The number of carboxylic acids is 1. The van der Waals surface area contributed by atoms with Gasteiger partial charge >= 0.3 is 5.97 Å². The van der Waals surface area contributed by atoms with E-state index in [9.17, 15) is 34.5 Å². The number of carbonyl (C=O) groups is 4. The predicted octanol–water partition coefficient (Wildman–Crippen LogP) is -1.73. The molecule has 1 aliphatic heterocycles. The molecule has 0 radical (unpaired) electrons. The first-order chi connectivity index (χ1) is 17.2. The molecule has 36 heavy (non-hydrogen) atoms. The van der Waals surface area contributed by atoms with Crippen molar-refractivity contribution in [3.63, 3.8) is 0 Å². The average Bonchev–Trinajstić information content (AvgIpc) is 3.55. The highest BCUT2D eigenvalue weighted by molar-refractivity contribution is 5.94. The van der Waals surface area contributed by atoms with Gasteiger partial charge in [0.05, 0.1) is 12.9 Å². The summed E-state index contributed by atoms with van der Waals surface area (Å²) in [6.45, 7) is -0.285. The second-order valence-electron chi connectivity index (χ2n) is 8.59. The number of aromatic amines is 1. The number of hydrogen-bond acceptors (Lipinski definition) is 8. The topological polar surface area (TPSA) is 211 Å². The average molecular weight is 503 g/mol. The summed E-state index contributed by atoms with van der Waals surface area (Å²) in [6, 6.07) is 1.51. The first kappa shape index (κ1) is 26.6. The fourth-order valence-corrected chi connectivity index (χ4v) is 4.03. The van der Waals surface area contributed by atoms with E-state index in [1.807, 2.05) is 0 Å². The number of phenols is 1. The number of aliphatic carboxylic acids is 1. The lowest BCUT2D eigenvalue weighted by Crippen LogP contribution is -2.57. The van der Waals surface area contributed by atoms with Crippen molar-refractivity contribution in [1.29, 1.82) is 0 Å². The van der Waals surface area contributed by atoms with Crippen LogP contribution < -0.4 is 16.4 Å². The normalized spacial score (nSPS) is 17.7. The molecule has 1 aromatic heterocycles. The Morgan fingerprint density at radius 3 is 2.47 bits per heavy atom. The smallest absolute Gasteiger partial charge is 0.326 e. The van der Waals surface area contributed by atoms with Gasteiger partial charge in [0, 0.05) is 31.3 Å². The molecule has 2 heterocycles. The Hall–Kier alpha value is -3.97. The number of aliphatic hydroxyl groups is 1. The Morgan fingerprint density at radius 2 is 1.86 bits per heavy atom. The summed E-state index contributed by atoms with van der Waals surface area (Å²) in [5, 5.41) is 33.5. The summed E-state index contributed by atoms with van der Waals surface area (Å²) in [5.41, 5.74) is 6.75. The second-order valence-corrected chi connectivity index (χ2v) is 8.59. The molecule has 1 saturated heterocycles. The minimum atomic E-state index is -1.29. The van der Waals surface area contributed by atoms with Crippen LogP contribution in [0.1, 0.15) is 24.1 Å². The summed E-state index contributed by atoms with van der Waals surface area (Å²) >= 11 is 0. The number of carboxylic acid groups (broad SMARTS) is 1. The van der Waals surface area contributed by atoms with Gasteiger partial charge in [-0.25, -0.2) is 9.78 Å². The van der Waals surface area contributed by atoms with Gasteiger partial charge in [-0.3, -0.25) is 14.4 Å². The largest absolute Gasteiger partial charge is 0.508 e. The molecule has 13 nitrogen and oxygen atoms in total. The number of likely N-dealkylation sites (tertiary alicyclic amines) is 1. The van der Waals surface area contributed by atoms with E-state index < -0.39 is 54.5 Å². The van der Waals surface area contributed by atoms with Gasteiger partial charge in [-0.05, 0) is 30.5 Å². The molecule has 4 atom stereocenters. The van der Waals surface area contributed by atoms with Gasteiger partial charge in [0.2, 0.25) is 17.7 Å². The van der Waals surface area contributed by atoms with E-state index in [1.54, 1.807) is 12.1 Å². The zero-order valence-corrected chi connectivity index (χ0v) is 19.5. The lowest BCUT2D eigenvalue weighted by molar-refractivity contribution is -0.143. The molecule has 13 heteroatoms. The van der Waals surface area contributed by atoms with E-state index in [0.29, 0.717) is 24.1 Å². The van der Waals surface area contributed by atoms with Gasteiger partial charge in [-0.1, -0.05) is 12.1 Å². The van der Waals surface area contributed by atoms with Crippen LogP contribution in [0.5, 0.6) is 5.75 Å². The molecule has 1 fully saturated rings. The number of phenolic OH excluding ortho intramolecular Hbond substituents is 1. The fraction of sp³-hybridized carbons (Fsp3) is 0.435. The lowest BCUT2D eigenvalue weighted by atomic mass is 10.0. The molecule has 0 aliphatic carbocycles. The number of carbonyl (C=O) groups excluding carboxylic acids is 3. The van der Waals surface area contributed by atoms with Crippen molar-refractivity contribution in [2.75, 3.05) is 13.2 Å². The van der Waals surface area contributed by atoms with Crippen LogP contribution in [0.3, 0.4) is 0 Å². The van der Waals surface area contributed by atoms with Crippen molar-refractivity contribution in [1.82, 2.24) is 25.5 Å². The summed E-state index contributed by atoms with van der Waals surface area (Å²) in [6.07, 6.45) is 3.68. The van der Waals surface area contributed by atoms with Crippen molar-refractivity contribution in [3.8, 4) is 5.75 Å². The molecule has 4 unspecified atom stereocenters. The molecule has 0 bridgehead atoms. The zero-order valence-electron chi connectivity index (χ0n) is 19.5. The van der Waals surface area contributed by atoms with Gasteiger partial charge in [0.1, 0.15) is 29.9 Å². The van der Waals surface area contributed by atoms with Crippen LogP contribution in [-0.4, -0.2) is 91.2 Å². The Labute approximate surface area is 206 Å². The molecular formula is C23H30N6O7. The monoisotopic (exact) mass is 502 g/mol. The molecule has 3 rings (SSSR count). The van der Waals surface area contributed by atoms with E-state index in [-0.39, 0.29) is 25.1 Å². The van der Waals surface area contributed by atoms with E-state index in [4.69, 9.17) is 5.73 Å². The fourth-order valence-electron chi connectivity index (χ4n) is 4.03. The van der Waals surface area contributed by atoms with Gasteiger partial charge in [0.25, 0.3) is 0 Å². The van der Waals surface area contributed by atoms with Gasteiger partial charge in [-0.15, -0.1) is 0 Å². The minimum Gasteiger partial charge on any atom is -0.508 e. The highest BCUT2D eigenvalue weighted by atomic mass is 16.4. The van der Waals surface area contributed by atoms with Crippen molar-refractivity contribution in [3.05, 3.63) is 48.0 Å². The van der Waals surface area contributed by atoms with E-state index in [1.165, 1.54) is 29.6 Å². The Kier molecular flexibility index (Phi) is 8.97. The predicted molar refractivity (Wildman–Crippen MR) is 125 cm³/mol. The number of aromatic hydroxyl groups is 1. The number of rotatable bonds is 11. The first-order valence-electron chi connectivity index (χ1n) is 11.4. The standard InChI is InChI=1S/C23H30N6O7/c24-16(11-30)22(34)29-7-1-2-19(29)21(33)27-17(8-13-3-5-15(31)6-4-13)20(32)28-18(23(35)36)9-14-10-25-12-26-14/h3-6,10,12,16-19,30-31H,1-2,7-9,11,24H2,(H,25,26)(H,27,33)(H,28,32)(H,35,36). The Morgan fingerprint density at radius 1 is 1.14 bits per heavy atom. The van der Waals surface area contributed by atoms with Crippen LogP contribution in [-0.2, 0) is 32.0 Å². The summed E-state index contributed by atoms with van der Waals surface area (Å²) in [7, 11) is 0. The minimum absolute atomic E-state index is 0.00503. The molecule has 1 aliphatic rings. The van der Waals surface area contributed by atoms with Crippen LogP contribution >= 0.6 is 0 Å². The number of nitrogens with one attached hydrogen (secondary N) is 3. The van der Waals surface area contributed by atoms with Crippen molar-refractivity contribution in [2.45, 2.75) is 49.9 Å². The van der Waals surface area contributed by atoms with Crippen LogP contribution in [0, 0.1) is 0 Å². The molecule has 194 valence electrons. The van der Waals surface area contributed by atoms with E-state index in [0.717, 1.165) is 0 Å². The number of amides is 3. The second kappa shape index (κ2) is 12.1. The zero-order chi connectivity index (χ0) is 26.2. The van der Waals surface area contributed by atoms with Crippen molar-refractivity contribution >= 4 is 23.7 Å². The summed E-state index contributed by atoms with van der Waals surface area (Å²) in [5.74, 6) is -3.13. The summed E-state index contributed by atoms with van der Waals surface area (Å²) < 4.78 is 0. The maximum absolute atomic E-state index is 13.2. The van der Waals surface area contributed by atoms with Crippen LogP contribution in [0.2, 0.25) is 0 Å². The first-order valence-corrected chi connectivity index (χ1v) is 11.4. The highest BCUT2D eigenvalue weighted by Gasteiger charge is 2.38. The van der Waals surface area contributed by atoms with Crippen LogP contribution in [0.15, 0.2) is 36.8 Å². The molecule has 2 aromatic rings. The Bertz CT molecular complexity index is 1060. The van der Waals surface area contributed by atoms with Crippen LogP contribution in [0.4, 0.5) is 0 Å². The maximum Gasteiger partial charge on any atom is 0.326 e. The molecule has 1 aromatic carbocycles. The van der Waals surface area contributed by atoms with E-state index in [2.05, 4.69) is 20.6 Å². The number of benzene rings is 1. The number of hydrogen-bond donors (Lipinski definition) is 7. The molecule has 3 amide bonds. The molecule has 0 spiro atoms. The third-order valence-electron chi connectivity index (χ3n) is 5.96. The molecular weight excluding hydrogens is 472 g/mol. The van der Waals surface area contributed by atoms with Crippen molar-refractivity contribution in [2.24, 2.45) is 5.73 Å². The SMILES string of the molecule is NC(CO)C(=O)N1CCCC1C(=O)NC(Cc1ccc(O)cc1)C(=O)NC(Cc1cnc[nH]1)C(=O)O. The number of nitrogens with zero attached hydrogens (tertiary/aromatic N) is 2. The van der Waals surface area contributed by atoms with Gasteiger partial charge < -0.3 is 41.6 Å². The molecule has 0 saturated carbocycles. The van der Waals surface area contributed by atoms with Gasteiger partial charge in [-0.2, -0.15) is 0 Å². The third kappa shape index (κ3) is 6.79. The number of aromatic nitrogens is 2. The number of H-pyrrole nitrogens is 1. The molecule has 8 N–H and O–H groups in total. The van der Waals surface area contributed by atoms with Crippen LogP contribution in [0.25, 0.3) is 0 Å². The Balaban J connectivity index is 1.77. The van der Waals surface area contributed by atoms with Gasteiger partial charge in [0.15, 0.2) is 0 Å². The number of nitrogens with two attached hydrogens (primary N) is 1.